The van der Waals surface area contributed by atoms with E-state index in [-0.39, 0.29) is 36.5 Å². The molecule has 1 heterocycles. The van der Waals surface area contributed by atoms with Crippen LogP contribution in [0.5, 0.6) is 5.75 Å². The lowest BCUT2D eigenvalue weighted by molar-refractivity contribution is -0.131. The predicted molar refractivity (Wildman–Crippen MR) is 116 cm³/mol. The summed E-state index contributed by atoms with van der Waals surface area (Å²) in [4.78, 5) is 39.3. The van der Waals surface area contributed by atoms with Gasteiger partial charge in [0.2, 0.25) is 11.8 Å². The third-order valence-electron chi connectivity index (χ3n) is 5.95. The fourth-order valence-corrected chi connectivity index (χ4v) is 4.60. The Kier molecular flexibility index (Phi) is 5.40. The lowest BCUT2D eigenvalue weighted by Crippen LogP contribution is -2.39. The molecule has 1 N–H and O–H groups in total. The van der Waals surface area contributed by atoms with Gasteiger partial charge in [0.25, 0.3) is 0 Å². The maximum Gasteiger partial charge on any atom is 0.228 e. The summed E-state index contributed by atoms with van der Waals surface area (Å²) in [6, 6.07) is 13.5. The van der Waals surface area contributed by atoms with Crippen LogP contribution >= 0.6 is 15.9 Å². The number of rotatable bonds is 6. The van der Waals surface area contributed by atoms with Crippen molar-refractivity contribution in [3.05, 3.63) is 58.1 Å². The summed E-state index contributed by atoms with van der Waals surface area (Å²) in [5, 5.41) is 2.72. The molecule has 0 radical (unpaired) electrons. The Morgan fingerprint density at radius 2 is 1.97 bits per heavy atom. The molecular formula is C23H23BrN2O4. The van der Waals surface area contributed by atoms with E-state index in [1.54, 1.807) is 12.0 Å². The van der Waals surface area contributed by atoms with Gasteiger partial charge in [-0.15, -0.1) is 0 Å². The van der Waals surface area contributed by atoms with Gasteiger partial charge in [-0.1, -0.05) is 34.1 Å². The van der Waals surface area contributed by atoms with E-state index in [1.165, 1.54) is 6.92 Å². The van der Waals surface area contributed by atoms with Gasteiger partial charge in [0.1, 0.15) is 11.5 Å². The first-order chi connectivity index (χ1) is 14.3. The van der Waals surface area contributed by atoms with Crippen LogP contribution in [0.2, 0.25) is 0 Å². The maximum absolute atomic E-state index is 13.3. The van der Waals surface area contributed by atoms with Crippen LogP contribution in [0.4, 0.5) is 5.69 Å². The minimum Gasteiger partial charge on any atom is -0.497 e. The monoisotopic (exact) mass is 470 g/mol. The summed E-state index contributed by atoms with van der Waals surface area (Å²) in [6.07, 6.45) is 0.747. The third kappa shape index (κ3) is 3.74. The van der Waals surface area contributed by atoms with E-state index in [2.05, 4.69) is 21.2 Å². The summed E-state index contributed by atoms with van der Waals surface area (Å²) in [5.41, 5.74) is 2.02. The summed E-state index contributed by atoms with van der Waals surface area (Å²) in [6.45, 7) is 1.83. The molecular weight excluding hydrogens is 448 g/mol. The number of ketones is 1. The van der Waals surface area contributed by atoms with Crippen molar-refractivity contribution in [1.29, 1.82) is 0 Å². The molecule has 2 atom stereocenters. The minimum absolute atomic E-state index is 0.00967. The van der Waals surface area contributed by atoms with E-state index >= 15 is 0 Å². The number of hydrogen-bond acceptors (Lipinski definition) is 4. The molecule has 2 aromatic rings. The van der Waals surface area contributed by atoms with Crippen LogP contribution in [0, 0.1) is 5.41 Å². The van der Waals surface area contributed by atoms with Crippen LogP contribution in [0.15, 0.2) is 46.9 Å². The number of nitrogens with one attached hydrogen (secondary N) is 1. The standard InChI is InChI=1S/C23H23BrN2O4/c1-14(27)12-25-22(29)23-10-19(23)18-8-5-16(24)9-20(18)26(21(28)11-23)13-15-3-6-17(30-2)7-4-15/h3-9,19H,10-13H2,1-2H3,(H,25,29). The molecule has 0 spiro atoms. The maximum atomic E-state index is 13.3. The first kappa shape index (κ1) is 20.6. The number of Topliss-reactive ketones (excluding diaryl/α,β-unsaturated/α-hetero) is 1. The quantitative estimate of drug-likeness (QED) is 0.699. The molecule has 2 unspecified atom stereocenters. The molecule has 2 amide bonds. The van der Waals surface area contributed by atoms with Crippen molar-refractivity contribution in [2.75, 3.05) is 18.6 Å². The number of halogens is 1. The van der Waals surface area contributed by atoms with Gasteiger partial charge in [-0.2, -0.15) is 0 Å². The Morgan fingerprint density at radius 3 is 2.63 bits per heavy atom. The molecule has 30 heavy (non-hydrogen) atoms. The van der Waals surface area contributed by atoms with Gasteiger partial charge >= 0.3 is 0 Å². The van der Waals surface area contributed by atoms with E-state index in [0.29, 0.717) is 13.0 Å². The summed E-state index contributed by atoms with van der Waals surface area (Å²) < 4.78 is 6.09. The number of fused-ring (bicyclic) bond motifs is 3. The normalized spacial score (nSPS) is 21.9. The number of hydrogen-bond donors (Lipinski definition) is 1. The molecule has 156 valence electrons. The molecule has 0 aromatic heterocycles. The van der Waals surface area contributed by atoms with Crippen LogP contribution < -0.4 is 15.0 Å². The van der Waals surface area contributed by atoms with Crippen molar-refractivity contribution < 1.29 is 19.1 Å². The number of carbonyl (C=O) groups excluding carboxylic acids is 3. The lowest BCUT2D eigenvalue weighted by atomic mass is 9.95. The Balaban J connectivity index is 1.67. The largest absolute Gasteiger partial charge is 0.497 e. The fourth-order valence-electron chi connectivity index (χ4n) is 4.25. The van der Waals surface area contributed by atoms with Gasteiger partial charge < -0.3 is 15.0 Å². The van der Waals surface area contributed by atoms with Crippen LogP contribution in [-0.4, -0.2) is 31.3 Å². The Hall–Kier alpha value is -2.67. The van der Waals surface area contributed by atoms with Gasteiger partial charge in [0, 0.05) is 22.5 Å². The van der Waals surface area contributed by atoms with Crippen molar-refractivity contribution in [1.82, 2.24) is 5.32 Å². The number of benzene rings is 2. The van der Waals surface area contributed by atoms with Crippen molar-refractivity contribution in [3.63, 3.8) is 0 Å². The highest BCUT2D eigenvalue weighted by molar-refractivity contribution is 9.10. The molecule has 1 aliphatic heterocycles. The molecule has 1 fully saturated rings. The van der Waals surface area contributed by atoms with Crippen molar-refractivity contribution >= 4 is 39.2 Å². The molecule has 0 bridgehead atoms. The van der Waals surface area contributed by atoms with Gasteiger partial charge in [0.15, 0.2) is 0 Å². The van der Waals surface area contributed by atoms with Gasteiger partial charge in [-0.3, -0.25) is 14.4 Å². The number of anilines is 1. The van der Waals surface area contributed by atoms with Crippen LogP contribution in [0.1, 0.15) is 36.8 Å². The minimum atomic E-state index is -0.774. The molecule has 0 saturated heterocycles. The zero-order valence-corrected chi connectivity index (χ0v) is 18.5. The van der Waals surface area contributed by atoms with Crippen molar-refractivity contribution in [2.24, 2.45) is 5.41 Å². The molecule has 7 heteroatoms. The van der Waals surface area contributed by atoms with Gasteiger partial charge in [0.05, 0.1) is 25.6 Å². The topological polar surface area (TPSA) is 75.7 Å². The van der Waals surface area contributed by atoms with E-state index in [9.17, 15) is 14.4 Å². The molecule has 4 rings (SSSR count). The Bertz CT molecular complexity index is 1020. The second-order valence-corrected chi connectivity index (χ2v) is 8.92. The zero-order valence-electron chi connectivity index (χ0n) is 16.9. The third-order valence-corrected chi connectivity index (χ3v) is 6.44. The van der Waals surface area contributed by atoms with E-state index in [4.69, 9.17) is 4.74 Å². The average molecular weight is 471 g/mol. The first-order valence-corrected chi connectivity index (χ1v) is 10.6. The van der Waals surface area contributed by atoms with E-state index < -0.39 is 5.41 Å². The SMILES string of the molecule is COc1ccc(CN2C(=O)CC3(C(=O)NCC(C)=O)CC3c3ccc(Br)cc32)cc1. The smallest absolute Gasteiger partial charge is 0.228 e. The second-order valence-electron chi connectivity index (χ2n) is 8.01. The Labute approximate surface area is 183 Å². The number of ether oxygens (including phenoxy) is 1. The van der Waals surface area contributed by atoms with Crippen LogP contribution in [0.25, 0.3) is 0 Å². The summed E-state index contributed by atoms with van der Waals surface area (Å²) >= 11 is 3.51. The fraction of sp³-hybridized carbons (Fsp3) is 0.348. The average Bonchev–Trinajstić information content (AvgIpc) is 3.45. The molecule has 1 saturated carbocycles. The zero-order chi connectivity index (χ0) is 21.5. The van der Waals surface area contributed by atoms with Crippen molar-refractivity contribution in [3.8, 4) is 5.75 Å². The summed E-state index contributed by atoms with van der Waals surface area (Å²) in [7, 11) is 1.62. The summed E-state index contributed by atoms with van der Waals surface area (Å²) in [5.74, 6) is 0.311. The lowest BCUT2D eigenvalue weighted by Gasteiger charge is -2.25. The number of carbonyl (C=O) groups is 3. The molecule has 2 aromatic carbocycles. The van der Waals surface area contributed by atoms with Crippen LogP contribution in [0.3, 0.4) is 0 Å². The van der Waals surface area contributed by atoms with E-state index in [1.807, 2.05) is 42.5 Å². The molecule has 2 aliphatic rings. The molecule has 6 nitrogen and oxygen atoms in total. The van der Waals surface area contributed by atoms with Crippen molar-refractivity contribution in [2.45, 2.75) is 32.2 Å². The number of methoxy groups -OCH3 is 1. The van der Waals surface area contributed by atoms with Crippen LogP contribution in [-0.2, 0) is 20.9 Å². The highest BCUT2D eigenvalue weighted by atomic mass is 79.9. The Morgan fingerprint density at radius 1 is 1.23 bits per heavy atom. The van der Waals surface area contributed by atoms with Gasteiger partial charge in [-0.05, 0) is 48.7 Å². The number of amides is 2. The van der Waals surface area contributed by atoms with E-state index in [0.717, 1.165) is 27.0 Å². The highest BCUT2D eigenvalue weighted by Crippen LogP contribution is 2.65. The van der Waals surface area contributed by atoms with Gasteiger partial charge in [-0.25, -0.2) is 0 Å². The molecule has 1 aliphatic carbocycles. The second kappa shape index (κ2) is 7.87. The number of nitrogens with zero attached hydrogens (tertiary/aromatic N) is 1. The highest BCUT2D eigenvalue weighted by Gasteiger charge is 2.63. The first-order valence-electron chi connectivity index (χ1n) is 9.84. The predicted octanol–water partition coefficient (Wildman–Crippen LogP) is 3.57.